The Kier molecular flexibility index (Phi) is 2.33. The van der Waals surface area contributed by atoms with Gasteiger partial charge in [-0.05, 0) is 35.9 Å². The quantitative estimate of drug-likeness (QED) is 0.739. The van der Waals surface area contributed by atoms with Crippen molar-refractivity contribution in [2.45, 2.75) is 12.3 Å². The molecule has 0 aromatic carbocycles. The van der Waals surface area contributed by atoms with Crippen LogP contribution < -0.4 is 11.1 Å². The number of rotatable bonds is 2. The Labute approximate surface area is 80.9 Å². The number of hydrogen-bond donors (Lipinski definition) is 2. The maximum absolute atomic E-state index is 11.1. The van der Waals surface area contributed by atoms with Gasteiger partial charge in [-0.2, -0.15) is 0 Å². The van der Waals surface area contributed by atoms with Gasteiger partial charge in [0.2, 0.25) is 0 Å². The third kappa shape index (κ3) is 1.59. The number of thiophene rings is 1. The summed E-state index contributed by atoms with van der Waals surface area (Å²) >= 11 is 1.44. The van der Waals surface area contributed by atoms with Crippen LogP contribution in [0.3, 0.4) is 0 Å². The summed E-state index contributed by atoms with van der Waals surface area (Å²) in [7, 11) is 0. The number of primary amides is 1. The molecule has 1 aliphatic heterocycles. The molecule has 1 unspecified atom stereocenters. The Hall–Kier alpha value is -0.870. The normalized spacial score (nSPS) is 22.0. The van der Waals surface area contributed by atoms with E-state index in [-0.39, 0.29) is 5.91 Å². The fraction of sp³-hybridized carbons (Fsp3) is 0.444. The molecule has 1 aromatic rings. The molecular formula is C9H12N2OS. The Morgan fingerprint density at radius 2 is 2.54 bits per heavy atom. The summed E-state index contributed by atoms with van der Waals surface area (Å²) < 4.78 is 0. The molecule has 13 heavy (non-hydrogen) atoms. The van der Waals surface area contributed by atoms with Gasteiger partial charge in [-0.15, -0.1) is 11.3 Å². The molecule has 70 valence electrons. The second-order valence-corrected chi connectivity index (χ2v) is 4.18. The van der Waals surface area contributed by atoms with Crippen LogP contribution in [0.5, 0.6) is 0 Å². The second-order valence-electron chi connectivity index (χ2n) is 3.26. The number of hydrogen-bond acceptors (Lipinski definition) is 3. The summed E-state index contributed by atoms with van der Waals surface area (Å²) in [6.45, 7) is 2.01. The first kappa shape index (κ1) is 8.72. The molecule has 3 nitrogen and oxygen atoms in total. The lowest BCUT2D eigenvalue weighted by molar-refractivity contribution is 0.100. The smallest absolute Gasteiger partial charge is 0.259 e. The minimum atomic E-state index is -0.295. The molecule has 1 amide bonds. The van der Waals surface area contributed by atoms with Gasteiger partial charge in [-0.25, -0.2) is 0 Å². The summed E-state index contributed by atoms with van der Waals surface area (Å²) in [4.78, 5) is 11.8. The van der Waals surface area contributed by atoms with E-state index in [1.807, 2.05) is 11.4 Å². The van der Waals surface area contributed by atoms with Gasteiger partial charge < -0.3 is 11.1 Å². The first-order valence-electron chi connectivity index (χ1n) is 4.37. The number of carbonyl (C=O) groups is 1. The Morgan fingerprint density at radius 3 is 3.15 bits per heavy atom. The summed E-state index contributed by atoms with van der Waals surface area (Å²) in [5, 5.41) is 5.22. The van der Waals surface area contributed by atoms with Crippen LogP contribution in [0.25, 0.3) is 0 Å². The third-order valence-corrected chi connectivity index (χ3v) is 3.36. The van der Waals surface area contributed by atoms with Crippen molar-refractivity contribution in [1.82, 2.24) is 5.32 Å². The topological polar surface area (TPSA) is 55.1 Å². The Morgan fingerprint density at radius 1 is 1.69 bits per heavy atom. The number of carbonyl (C=O) groups excluding carboxylic acids is 1. The average Bonchev–Trinajstić information content (AvgIpc) is 2.74. The van der Waals surface area contributed by atoms with Crippen LogP contribution in [0.1, 0.15) is 27.6 Å². The van der Waals surface area contributed by atoms with E-state index in [2.05, 4.69) is 5.32 Å². The van der Waals surface area contributed by atoms with E-state index < -0.39 is 0 Å². The van der Waals surface area contributed by atoms with Gasteiger partial charge in [0, 0.05) is 6.54 Å². The predicted octanol–water partition coefficient (Wildman–Crippen LogP) is 0.924. The van der Waals surface area contributed by atoms with Crippen LogP contribution in [-0.4, -0.2) is 19.0 Å². The number of amides is 1. The lowest BCUT2D eigenvalue weighted by Gasteiger charge is -2.07. The lowest BCUT2D eigenvalue weighted by Crippen LogP contribution is -2.14. The van der Waals surface area contributed by atoms with Crippen LogP contribution in [0.2, 0.25) is 0 Å². The molecule has 0 radical (unpaired) electrons. The summed E-state index contributed by atoms with van der Waals surface area (Å²) in [6.07, 6.45) is 1.11. The zero-order chi connectivity index (χ0) is 9.26. The molecule has 1 fully saturated rings. The standard InChI is InChI=1S/C9H12N2OS/c10-9(12)8-7(2-4-13-8)6-1-3-11-5-6/h2,4,6,11H,1,3,5H2,(H2,10,12). The van der Waals surface area contributed by atoms with Crippen molar-refractivity contribution in [3.63, 3.8) is 0 Å². The van der Waals surface area contributed by atoms with Gasteiger partial charge in [-0.1, -0.05) is 0 Å². The van der Waals surface area contributed by atoms with E-state index in [1.54, 1.807) is 0 Å². The van der Waals surface area contributed by atoms with E-state index in [4.69, 9.17) is 5.73 Å². The van der Waals surface area contributed by atoms with E-state index in [0.29, 0.717) is 5.92 Å². The summed E-state index contributed by atoms with van der Waals surface area (Å²) in [6, 6.07) is 2.02. The van der Waals surface area contributed by atoms with E-state index in [9.17, 15) is 4.79 Å². The number of nitrogens with one attached hydrogen (secondary N) is 1. The maximum Gasteiger partial charge on any atom is 0.259 e. The third-order valence-electron chi connectivity index (χ3n) is 2.42. The SMILES string of the molecule is NC(=O)c1sccc1C1CCNC1. The van der Waals surface area contributed by atoms with Crippen molar-refractivity contribution in [3.05, 3.63) is 21.9 Å². The molecular weight excluding hydrogens is 184 g/mol. The largest absolute Gasteiger partial charge is 0.365 e. The van der Waals surface area contributed by atoms with Gasteiger partial charge in [0.1, 0.15) is 0 Å². The van der Waals surface area contributed by atoms with E-state index in [0.717, 1.165) is 30.0 Å². The molecule has 0 spiro atoms. The van der Waals surface area contributed by atoms with Crippen molar-refractivity contribution in [1.29, 1.82) is 0 Å². The first-order valence-corrected chi connectivity index (χ1v) is 5.25. The van der Waals surface area contributed by atoms with Gasteiger partial charge in [-0.3, -0.25) is 4.79 Å². The molecule has 1 atom stereocenters. The van der Waals surface area contributed by atoms with Crippen LogP contribution in [-0.2, 0) is 0 Å². The van der Waals surface area contributed by atoms with Crippen LogP contribution in [0, 0.1) is 0 Å². The molecule has 2 heterocycles. The molecule has 2 rings (SSSR count). The highest BCUT2D eigenvalue weighted by atomic mass is 32.1. The molecule has 0 aliphatic carbocycles. The summed E-state index contributed by atoms with van der Waals surface area (Å²) in [5.74, 6) is 0.186. The highest BCUT2D eigenvalue weighted by Crippen LogP contribution is 2.28. The van der Waals surface area contributed by atoms with Crippen molar-refractivity contribution < 1.29 is 4.79 Å². The fourth-order valence-electron chi connectivity index (χ4n) is 1.76. The van der Waals surface area contributed by atoms with Gasteiger partial charge in [0.15, 0.2) is 0 Å². The van der Waals surface area contributed by atoms with Gasteiger partial charge >= 0.3 is 0 Å². The minimum absolute atomic E-state index is 0.295. The van der Waals surface area contributed by atoms with Crippen molar-refractivity contribution in [2.24, 2.45) is 5.73 Å². The van der Waals surface area contributed by atoms with Crippen LogP contribution in [0.4, 0.5) is 0 Å². The van der Waals surface area contributed by atoms with Crippen molar-refractivity contribution in [2.75, 3.05) is 13.1 Å². The Balaban J connectivity index is 2.28. The molecule has 1 saturated heterocycles. The fourth-order valence-corrected chi connectivity index (χ4v) is 2.60. The molecule has 1 aromatic heterocycles. The zero-order valence-electron chi connectivity index (χ0n) is 7.25. The molecule has 0 saturated carbocycles. The zero-order valence-corrected chi connectivity index (χ0v) is 8.06. The Bertz CT molecular complexity index is 315. The second kappa shape index (κ2) is 3.47. The average molecular weight is 196 g/mol. The molecule has 0 bridgehead atoms. The van der Waals surface area contributed by atoms with Gasteiger partial charge in [0.05, 0.1) is 4.88 Å². The van der Waals surface area contributed by atoms with Crippen LogP contribution in [0.15, 0.2) is 11.4 Å². The molecule has 4 heteroatoms. The molecule has 3 N–H and O–H groups in total. The minimum Gasteiger partial charge on any atom is -0.365 e. The summed E-state index contributed by atoms with van der Waals surface area (Å²) in [5.41, 5.74) is 6.41. The van der Waals surface area contributed by atoms with E-state index in [1.165, 1.54) is 11.3 Å². The van der Waals surface area contributed by atoms with Crippen LogP contribution >= 0.6 is 11.3 Å². The number of nitrogens with two attached hydrogens (primary N) is 1. The highest BCUT2D eigenvalue weighted by molar-refractivity contribution is 7.12. The van der Waals surface area contributed by atoms with Crippen molar-refractivity contribution >= 4 is 17.2 Å². The first-order chi connectivity index (χ1) is 6.29. The predicted molar refractivity (Wildman–Crippen MR) is 53.1 cm³/mol. The van der Waals surface area contributed by atoms with Gasteiger partial charge in [0.25, 0.3) is 5.91 Å². The monoisotopic (exact) mass is 196 g/mol. The lowest BCUT2D eigenvalue weighted by atomic mass is 9.99. The highest BCUT2D eigenvalue weighted by Gasteiger charge is 2.22. The van der Waals surface area contributed by atoms with E-state index >= 15 is 0 Å². The van der Waals surface area contributed by atoms with Crippen molar-refractivity contribution in [3.8, 4) is 0 Å². The maximum atomic E-state index is 11.1. The molecule has 1 aliphatic rings.